The molecular formula is C23H20N2O2. The van der Waals surface area contributed by atoms with Crippen LogP contribution in [-0.4, -0.2) is 11.8 Å². The third kappa shape index (κ3) is 3.75. The SMILES string of the molecule is O=C1CCc2cc(C(=O)NC(c3ccccc3)c3ccccc3)ccc2N1. The van der Waals surface area contributed by atoms with Gasteiger partial charge in [-0.25, -0.2) is 0 Å². The minimum Gasteiger partial charge on any atom is -0.341 e. The van der Waals surface area contributed by atoms with Crippen LogP contribution in [0.25, 0.3) is 0 Å². The van der Waals surface area contributed by atoms with Crippen LogP contribution in [0.2, 0.25) is 0 Å². The number of carbonyl (C=O) groups excluding carboxylic acids is 2. The molecule has 0 fully saturated rings. The van der Waals surface area contributed by atoms with E-state index >= 15 is 0 Å². The lowest BCUT2D eigenvalue weighted by Gasteiger charge is -2.21. The Labute approximate surface area is 158 Å². The quantitative estimate of drug-likeness (QED) is 0.740. The van der Waals surface area contributed by atoms with Crippen molar-refractivity contribution in [2.24, 2.45) is 0 Å². The molecule has 0 saturated heterocycles. The molecular weight excluding hydrogens is 336 g/mol. The smallest absolute Gasteiger partial charge is 0.252 e. The summed E-state index contributed by atoms with van der Waals surface area (Å²) in [6, 6.07) is 25.1. The van der Waals surface area contributed by atoms with Crippen LogP contribution in [0, 0.1) is 0 Å². The van der Waals surface area contributed by atoms with E-state index in [-0.39, 0.29) is 17.9 Å². The predicted molar refractivity (Wildman–Crippen MR) is 106 cm³/mol. The monoisotopic (exact) mass is 356 g/mol. The van der Waals surface area contributed by atoms with E-state index in [0.29, 0.717) is 18.4 Å². The lowest BCUT2D eigenvalue weighted by molar-refractivity contribution is -0.116. The van der Waals surface area contributed by atoms with Crippen molar-refractivity contribution in [1.82, 2.24) is 5.32 Å². The molecule has 4 nitrogen and oxygen atoms in total. The van der Waals surface area contributed by atoms with Crippen LogP contribution in [-0.2, 0) is 11.2 Å². The van der Waals surface area contributed by atoms with Gasteiger partial charge in [-0.1, -0.05) is 60.7 Å². The first-order valence-electron chi connectivity index (χ1n) is 9.04. The summed E-state index contributed by atoms with van der Waals surface area (Å²) in [5.74, 6) is -0.111. The number of hydrogen-bond acceptors (Lipinski definition) is 2. The van der Waals surface area contributed by atoms with Crippen molar-refractivity contribution in [2.45, 2.75) is 18.9 Å². The molecule has 134 valence electrons. The summed E-state index contributed by atoms with van der Waals surface area (Å²) in [6.07, 6.45) is 1.11. The van der Waals surface area contributed by atoms with Crippen LogP contribution >= 0.6 is 0 Å². The first-order valence-corrected chi connectivity index (χ1v) is 9.04. The Kier molecular flexibility index (Phi) is 4.71. The summed E-state index contributed by atoms with van der Waals surface area (Å²) < 4.78 is 0. The largest absolute Gasteiger partial charge is 0.341 e. The van der Waals surface area contributed by atoms with E-state index in [0.717, 1.165) is 22.4 Å². The van der Waals surface area contributed by atoms with Gasteiger partial charge in [-0.2, -0.15) is 0 Å². The molecule has 27 heavy (non-hydrogen) atoms. The standard InChI is InChI=1S/C23H20N2O2/c26-21-14-12-18-15-19(11-13-20(18)24-21)23(27)25-22(16-7-3-1-4-8-16)17-9-5-2-6-10-17/h1-11,13,15,22H,12,14H2,(H,24,26)(H,25,27). The Balaban J connectivity index is 1.62. The van der Waals surface area contributed by atoms with Gasteiger partial charge in [0.2, 0.25) is 5.91 Å². The number of nitrogens with one attached hydrogen (secondary N) is 2. The zero-order valence-electron chi connectivity index (χ0n) is 14.8. The Morgan fingerprint density at radius 2 is 1.48 bits per heavy atom. The summed E-state index contributed by atoms with van der Waals surface area (Å²) in [6.45, 7) is 0. The molecule has 1 heterocycles. The van der Waals surface area contributed by atoms with Crippen molar-refractivity contribution in [3.05, 3.63) is 101 Å². The molecule has 2 amide bonds. The Morgan fingerprint density at radius 1 is 0.852 bits per heavy atom. The molecule has 3 aromatic carbocycles. The van der Waals surface area contributed by atoms with Crippen LogP contribution < -0.4 is 10.6 Å². The van der Waals surface area contributed by atoms with Gasteiger partial charge in [0, 0.05) is 17.7 Å². The van der Waals surface area contributed by atoms with Crippen LogP contribution in [0.15, 0.2) is 78.9 Å². The number of anilines is 1. The summed E-state index contributed by atoms with van der Waals surface area (Å²) in [7, 11) is 0. The van der Waals surface area contributed by atoms with Crippen molar-refractivity contribution in [1.29, 1.82) is 0 Å². The van der Waals surface area contributed by atoms with Crippen molar-refractivity contribution >= 4 is 17.5 Å². The fraction of sp³-hybridized carbons (Fsp3) is 0.130. The minimum absolute atomic E-state index is 0.0212. The molecule has 0 saturated carbocycles. The number of carbonyl (C=O) groups is 2. The normalized spacial score (nSPS) is 13.0. The average molecular weight is 356 g/mol. The van der Waals surface area contributed by atoms with Gasteiger partial charge in [0.1, 0.15) is 0 Å². The second-order valence-electron chi connectivity index (χ2n) is 6.65. The summed E-state index contributed by atoms with van der Waals surface area (Å²) in [4.78, 5) is 24.5. The number of hydrogen-bond donors (Lipinski definition) is 2. The highest BCUT2D eigenvalue weighted by Crippen LogP contribution is 2.25. The van der Waals surface area contributed by atoms with Crippen molar-refractivity contribution < 1.29 is 9.59 Å². The van der Waals surface area contributed by atoms with E-state index < -0.39 is 0 Å². The zero-order chi connectivity index (χ0) is 18.6. The van der Waals surface area contributed by atoms with E-state index in [4.69, 9.17) is 0 Å². The molecule has 1 aliphatic heterocycles. The van der Waals surface area contributed by atoms with Gasteiger partial charge in [-0.05, 0) is 41.3 Å². The van der Waals surface area contributed by atoms with Crippen LogP contribution in [0.3, 0.4) is 0 Å². The first-order chi connectivity index (χ1) is 13.2. The molecule has 0 spiro atoms. The Morgan fingerprint density at radius 3 is 2.11 bits per heavy atom. The molecule has 0 aliphatic carbocycles. The molecule has 3 aromatic rings. The molecule has 0 bridgehead atoms. The van der Waals surface area contributed by atoms with E-state index in [1.807, 2.05) is 66.7 Å². The summed E-state index contributed by atoms with van der Waals surface area (Å²) in [5, 5.41) is 6.00. The summed E-state index contributed by atoms with van der Waals surface area (Å²) in [5.41, 5.74) is 4.45. The lowest BCUT2D eigenvalue weighted by atomic mass is 9.97. The van der Waals surface area contributed by atoms with Crippen LogP contribution in [0.4, 0.5) is 5.69 Å². The zero-order valence-corrected chi connectivity index (χ0v) is 14.8. The molecule has 0 atom stereocenters. The molecule has 2 N–H and O–H groups in total. The minimum atomic E-state index is -0.226. The molecule has 0 radical (unpaired) electrons. The number of benzene rings is 3. The van der Waals surface area contributed by atoms with Gasteiger partial charge in [-0.15, -0.1) is 0 Å². The molecule has 4 heteroatoms. The van der Waals surface area contributed by atoms with E-state index in [2.05, 4.69) is 10.6 Å². The topological polar surface area (TPSA) is 58.2 Å². The Hall–Kier alpha value is -3.40. The predicted octanol–water partition coefficient (Wildman–Crippen LogP) is 4.09. The lowest BCUT2D eigenvalue weighted by Crippen LogP contribution is -2.29. The fourth-order valence-corrected chi connectivity index (χ4v) is 3.39. The van der Waals surface area contributed by atoms with Crippen molar-refractivity contribution in [3.8, 4) is 0 Å². The number of rotatable bonds is 4. The Bertz CT molecular complexity index is 929. The molecule has 0 unspecified atom stereocenters. The van der Waals surface area contributed by atoms with Gasteiger partial charge >= 0.3 is 0 Å². The first kappa shape index (κ1) is 17.0. The van der Waals surface area contributed by atoms with Crippen LogP contribution in [0.5, 0.6) is 0 Å². The maximum Gasteiger partial charge on any atom is 0.252 e. The highest BCUT2D eigenvalue weighted by Gasteiger charge is 2.20. The second kappa shape index (κ2) is 7.46. The maximum absolute atomic E-state index is 13.0. The third-order valence-electron chi connectivity index (χ3n) is 4.80. The highest BCUT2D eigenvalue weighted by molar-refractivity contribution is 5.98. The second-order valence-corrected chi connectivity index (χ2v) is 6.65. The van der Waals surface area contributed by atoms with Gasteiger partial charge < -0.3 is 10.6 Å². The molecule has 0 aromatic heterocycles. The van der Waals surface area contributed by atoms with Gasteiger partial charge in [0.05, 0.1) is 6.04 Å². The van der Waals surface area contributed by atoms with Crippen molar-refractivity contribution in [2.75, 3.05) is 5.32 Å². The summed E-state index contributed by atoms with van der Waals surface area (Å²) >= 11 is 0. The van der Waals surface area contributed by atoms with Gasteiger partial charge in [-0.3, -0.25) is 9.59 Å². The average Bonchev–Trinajstić information content (AvgIpc) is 2.72. The molecule has 1 aliphatic rings. The third-order valence-corrected chi connectivity index (χ3v) is 4.80. The van der Waals surface area contributed by atoms with E-state index in [1.165, 1.54) is 0 Å². The molecule has 4 rings (SSSR count). The van der Waals surface area contributed by atoms with Crippen LogP contribution in [0.1, 0.15) is 39.5 Å². The fourth-order valence-electron chi connectivity index (χ4n) is 3.39. The number of amides is 2. The van der Waals surface area contributed by atoms with Gasteiger partial charge in [0.15, 0.2) is 0 Å². The van der Waals surface area contributed by atoms with E-state index in [9.17, 15) is 9.59 Å². The van der Waals surface area contributed by atoms with Gasteiger partial charge in [0.25, 0.3) is 5.91 Å². The van der Waals surface area contributed by atoms with E-state index in [1.54, 1.807) is 12.1 Å². The highest BCUT2D eigenvalue weighted by atomic mass is 16.2. The maximum atomic E-state index is 13.0. The number of fused-ring (bicyclic) bond motifs is 1. The van der Waals surface area contributed by atoms with Crippen molar-refractivity contribution in [3.63, 3.8) is 0 Å². The number of aryl methyl sites for hydroxylation is 1.